The summed E-state index contributed by atoms with van der Waals surface area (Å²) in [6.45, 7) is 0. The number of aromatic nitrogens is 3. The molecule has 126 valence electrons. The molecule has 2 N–H and O–H groups in total. The van der Waals surface area contributed by atoms with Crippen LogP contribution < -0.4 is 10.1 Å². The number of carbonyl (C=O) groups is 1. The maximum absolute atomic E-state index is 11.8. The molecule has 0 bridgehead atoms. The Morgan fingerprint density at radius 3 is 2.80 bits per heavy atom. The fourth-order valence-corrected chi connectivity index (χ4v) is 3.13. The van der Waals surface area contributed by atoms with Crippen LogP contribution in [0, 0.1) is 0 Å². The van der Waals surface area contributed by atoms with Gasteiger partial charge in [0.1, 0.15) is 11.4 Å². The van der Waals surface area contributed by atoms with E-state index in [2.05, 4.69) is 25.9 Å². The van der Waals surface area contributed by atoms with Crippen LogP contribution in [0.2, 0.25) is 0 Å². The summed E-state index contributed by atoms with van der Waals surface area (Å²) in [6.07, 6.45) is 1.58. The van der Waals surface area contributed by atoms with Gasteiger partial charge in [-0.25, -0.2) is 4.98 Å². The van der Waals surface area contributed by atoms with Crippen molar-refractivity contribution in [3.63, 3.8) is 0 Å². The van der Waals surface area contributed by atoms with Gasteiger partial charge in [-0.05, 0) is 36.4 Å². The van der Waals surface area contributed by atoms with Crippen molar-refractivity contribution in [2.75, 3.05) is 14.2 Å². The summed E-state index contributed by atoms with van der Waals surface area (Å²) in [6, 6.07) is 12.0. The molecule has 0 aliphatic carbocycles. The van der Waals surface area contributed by atoms with E-state index in [0.717, 1.165) is 39.1 Å². The van der Waals surface area contributed by atoms with Gasteiger partial charge >= 0.3 is 0 Å². The minimum Gasteiger partial charge on any atom is -0.497 e. The van der Waals surface area contributed by atoms with Crippen LogP contribution in [0.25, 0.3) is 33.3 Å². The van der Waals surface area contributed by atoms with Crippen LogP contribution in [-0.4, -0.2) is 34.6 Å². The van der Waals surface area contributed by atoms with Crippen molar-refractivity contribution in [3.05, 3.63) is 48.2 Å². The third kappa shape index (κ3) is 2.42. The molecule has 0 atom stereocenters. The van der Waals surface area contributed by atoms with Crippen LogP contribution in [0.15, 0.2) is 42.6 Å². The average molecular weight is 334 g/mol. The minimum absolute atomic E-state index is 0.145. The van der Waals surface area contributed by atoms with Gasteiger partial charge in [-0.2, -0.15) is 0 Å². The summed E-state index contributed by atoms with van der Waals surface area (Å²) in [4.78, 5) is 19.5. The monoisotopic (exact) mass is 334 g/mol. The molecule has 1 aromatic carbocycles. The molecule has 1 amide bonds. The normalized spacial score (nSPS) is 11.2. The predicted molar refractivity (Wildman–Crippen MR) is 97.9 cm³/mol. The first-order valence-electron chi connectivity index (χ1n) is 7.95. The Morgan fingerprint density at radius 2 is 2.04 bits per heavy atom. The van der Waals surface area contributed by atoms with E-state index in [1.807, 2.05) is 37.4 Å². The zero-order valence-corrected chi connectivity index (χ0v) is 14.3. The first-order chi connectivity index (χ1) is 12.1. The Kier molecular flexibility index (Phi) is 3.46. The van der Waals surface area contributed by atoms with Gasteiger partial charge in [0.15, 0.2) is 0 Å². The van der Waals surface area contributed by atoms with Gasteiger partial charge in [0.25, 0.3) is 5.91 Å². The summed E-state index contributed by atoms with van der Waals surface area (Å²) in [5.41, 5.74) is 4.42. The summed E-state index contributed by atoms with van der Waals surface area (Å²) < 4.78 is 7.43. The zero-order valence-electron chi connectivity index (χ0n) is 14.3. The smallest absolute Gasteiger partial charge is 0.252 e. The van der Waals surface area contributed by atoms with E-state index in [1.165, 1.54) is 0 Å². The number of nitrogens with zero attached hydrogens (tertiary/aromatic N) is 2. The van der Waals surface area contributed by atoms with Crippen LogP contribution in [-0.2, 0) is 7.05 Å². The molecule has 0 aliphatic rings. The van der Waals surface area contributed by atoms with Crippen molar-refractivity contribution in [3.8, 4) is 17.1 Å². The largest absolute Gasteiger partial charge is 0.497 e. The lowest BCUT2D eigenvalue weighted by molar-refractivity contribution is 0.0963. The number of nitrogens with one attached hydrogen (secondary N) is 2. The van der Waals surface area contributed by atoms with Crippen LogP contribution in [0.4, 0.5) is 0 Å². The molecular formula is C19H18N4O2. The number of hydrogen-bond acceptors (Lipinski definition) is 3. The second-order valence-electron chi connectivity index (χ2n) is 5.94. The SMILES string of the molecule is CNC(=O)c1cnc2[nH]c(-c3cc4cc(OC)ccc4n3C)cc2c1. The van der Waals surface area contributed by atoms with Gasteiger partial charge in [0, 0.05) is 36.6 Å². The van der Waals surface area contributed by atoms with E-state index >= 15 is 0 Å². The van der Waals surface area contributed by atoms with Crippen LogP contribution in [0.1, 0.15) is 10.4 Å². The number of fused-ring (bicyclic) bond motifs is 2. The fourth-order valence-electron chi connectivity index (χ4n) is 3.13. The standard InChI is InChI=1S/C19H18N4O2/c1-20-19(24)13-6-12-8-15(22-18(12)21-10-13)17-9-11-7-14(25-3)4-5-16(11)23(17)2/h4-10H,1-3H3,(H,20,24)(H,21,22). The van der Waals surface area contributed by atoms with Crippen molar-refractivity contribution < 1.29 is 9.53 Å². The predicted octanol–water partition coefficient (Wildman–Crippen LogP) is 3.09. The molecule has 0 fully saturated rings. The molecule has 3 heterocycles. The first-order valence-corrected chi connectivity index (χ1v) is 7.95. The highest BCUT2D eigenvalue weighted by Gasteiger charge is 2.13. The van der Waals surface area contributed by atoms with Gasteiger partial charge < -0.3 is 19.6 Å². The number of hydrogen-bond donors (Lipinski definition) is 2. The molecule has 0 saturated carbocycles. The lowest BCUT2D eigenvalue weighted by Crippen LogP contribution is -2.17. The highest BCUT2D eigenvalue weighted by Crippen LogP contribution is 2.30. The quantitative estimate of drug-likeness (QED) is 0.605. The number of rotatable bonds is 3. The molecule has 0 spiro atoms. The van der Waals surface area contributed by atoms with E-state index in [4.69, 9.17) is 4.74 Å². The first kappa shape index (κ1) is 15.3. The minimum atomic E-state index is -0.145. The van der Waals surface area contributed by atoms with Crippen molar-refractivity contribution in [2.45, 2.75) is 0 Å². The second kappa shape index (κ2) is 5.66. The lowest BCUT2D eigenvalue weighted by Gasteiger charge is -2.02. The lowest BCUT2D eigenvalue weighted by atomic mass is 10.2. The summed E-state index contributed by atoms with van der Waals surface area (Å²) >= 11 is 0. The molecule has 4 rings (SSSR count). The number of ether oxygens (including phenoxy) is 1. The molecule has 25 heavy (non-hydrogen) atoms. The average Bonchev–Trinajstić information content (AvgIpc) is 3.20. The molecule has 0 unspecified atom stereocenters. The number of carbonyl (C=O) groups excluding carboxylic acids is 1. The van der Waals surface area contributed by atoms with Crippen molar-refractivity contribution in [1.29, 1.82) is 0 Å². The molecule has 3 aromatic heterocycles. The van der Waals surface area contributed by atoms with Gasteiger partial charge in [-0.15, -0.1) is 0 Å². The molecule has 6 nitrogen and oxygen atoms in total. The van der Waals surface area contributed by atoms with Crippen molar-refractivity contribution in [1.82, 2.24) is 19.9 Å². The molecular weight excluding hydrogens is 316 g/mol. The van der Waals surface area contributed by atoms with Crippen molar-refractivity contribution in [2.24, 2.45) is 7.05 Å². The molecule has 0 radical (unpaired) electrons. The number of H-pyrrole nitrogens is 1. The molecule has 4 aromatic rings. The van der Waals surface area contributed by atoms with E-state index in [1.54, 1.807) is 20.4 Å². The number of benzene rings is 1. The van der Waals surface area contributed by atoms with Gasteiger partial charge in [-0.3, -0.25) is 4.79 Å². The summed E-state index contributed by atoms with van der Waals surface area (Å²) in [5, 5.41) is 4.62. The Labute approximate surface area is 144 Å². The number of methoxy groups -OCH3 is 1. The number of aromatic amines is 1. The molecule has 0 saturated heterocycles. The number of aryl methyl sites for hydroxylation is 1. The second-order valence-corrected chi connectivity index (χ2v) is 5.94. The van der Waals surface area contributed by atoms with Gasteiger partial charge in [0.2, 0.25) is 0 Å². The third-order valence-corrected chi connectivity index (χ3v) is 4.48. The molecule has 0 aliphatic heterocycles. The van der Waals surface area contributed by atoms with E-state index < -0.39 is 0 Å². The summed E-state index contributed by atoms with van der Waals surface area (Å²) in [5.74, 6) is 0.687. The third-order valence-electron chi connectivity index (χ3n) is 4.48. The topological polar surface area (TPSA) is 71.9 Å². The number of amides is 1. The van der Waals surface area contributed by atoms with Gasteiger partial charge in [-0.1, -0.05) is 0 Å². The van der Waals surface area contributed by atoms with E-state index in [-0.39, 0.29) is 5.91 Å². The Hall–Kier alpha value is -3.28. The van der Waals surface area contributed by atoms with Gasteiger partial charge in [0.05, 0.1) is 24.1 Å². The number of pyridine rings is 1. The zero-order chi connectivity index (χ0) is 17.6. The highest BCUT2D eigenvalue weighted by atomic mass is 16.5. The molecule has 6 heteroatoms. The van der Waals surface area contributed by atoms with Crippen LogP contribution in [0.3, 0.4) is 0 Å². The summed E-state index contributed by atoms with van der Waals surface area (Å²) in [7, 11) is 5.30. The van der Waals surface area contributed by atoms with Crippen molar-refractivity contribution >= 4 is 27.8 Å². The Morgan fingerprint density at radius 1 is 1.20 bits per heavy atom. The fraction of sp³-hybridized carbons (Fsp3) is 0.158. The maximum Gasteiger partial charge on any atom is 0.252 e. The maximum atomic E-state index is 11.8. The van der Waals surface area contributed by atoms with E-state index in [9.17, 15) is 4.79 Å². The van der Waals surface area contributed by atoms with Crippen LogP contribution in [0.5, 0.6) is 5.75 Å². The van der Waals surface area contributed by atoms with Crippen LogP contribution >= 0.6 is 0 Å². The Bertz CT molecular complexity index is 1110. The Balaban J connectivity index is 1.85. The van der Waals surface area contributed by atoms with E-state index in [0.29, 0.717) is 5.56 Å². The highest BCUT2D eigenvalue weighted by molar-refractivity contribution is 5.98.